The maximum Gasteiger partial charge on any atom is 0.578 e. The zero-order valence-corrected chi connectivity index (χ0v) is 13.7. The van der Waals surface area contributed by atoms with Gasteiger partial charge in [0, 0.05) is 26.2 Å². The average molecular weight is 338 g/mol. The van der Waals surface area contributed by atoms with Crippen molar-refractivity contribution in [3.63, 3.8) is 0 Å². The molecule has 4 aromatic rings. The van der Waals surface area contributed by atoms with Crippen LogP contribution in [0.1, 0.15) is 0 Å². The highest BCUT2D eigenvalue weighted by Crippen LogP contribution is 2.24. The van der Waals surface area contributed by atoms with Crippen LogP contribution in [0.2, 0.25) is 0 Å². The second kappa shape index (κ2) is 6.27. The average Bonchev–Trinajstić information content (AvgIpc) is 3.35. The number of aromatic nitrogens is 4. The van der Waals surface area contributed by atoms with Gasteiger partial charge in [-0.25, -0.2) is 9.36 Å². The van der Waals surface area contributed by atoms with Gasteiger partial charge in [0.15, 0.2) is 23.3 Å². The molecule has 4 rings (SSSR count). The van der Waals surface area contributed by atoms with Crippen LogP contribution < -0.4 is 9.31 Å². The number of rotatable bonds is 6. The molecule has 0 aliphatic carbocycles. The molecule has 0 spiro atoms. The standard InChI is InChI=1S/C16H15BN4O4/c1-20-15(9-11(18-20)13-5-3-7-22-13)24-17-25-16-10-12(19-21(16)2)14-6-4-8-23-14/h3-10,17H,1-2H3. The van der Waals surface area contributed by atoms with Crippen molar-refractivity contribution in [3.05, 3.63) is 48.9 Å². The van der Waals surface area contributed by atoms with E-state index < -0.39 is 0 Å². The van der Waals surface area contributed by atoms with Crippen molar-refractivity contribution in [1.29, 1.82) is 0 Å². The van der Waals surface area contributed by atoms with E-state index in [1.807, 2.05) is 24.3 Å². The first-order valence-electron chi connectivity index (χ1n) is 7.62. The smallest absolute Gasteiger partial charge is 0.515 e. The van der Waals surface area contributed by atoms with Crippen molar-refractivity contribution < 1.29 is 18.1 Å². The molecule has 0 radical (unpaired) electrons. The summed E-state index contributed by atoms with van der Waals surface area (Å²) in [5.41, 5.74) is 1.39. The topological polar surface area (TPSA) is 80.4 Å². The quantitative estimate of drug-likeness (QED) is 0.502. The lowest BCUT2D eigenvalue weighted by molar-refractivity contribution is 0.408. The van der Waals surface area contributed by atoms with E-state index in [2.05, 4.69) is 10.2 Å². The number of nitrogens with zero attached hydrogens (tertiary/aromatic N) is 4. The molecule has 126 valence electrons. The molecule has 0 atom stereocenters. The van der Waals surface area contributed by atoms with Crippen LogP contribution in [0.5, 0.6) is 11.8 Å². The number of furan rings is 2. The molecular weight excluding hydrogens is 323 g/mol. The largest absolute Gasteiger partial charge is 0.578 e. The highest BCUT2D eigenvalue weighted by molar-refractivity contribution is 6.20. The third kappa shape index (κ3) is 3.03. The van der Waals surface area contributed by atoms with Gasteiger partial charge in [-0.3, -0.25) is 0 Å². The van der Waals surface area contributed by atoms with Crippen LogP contribution in [-0.4, -0.2) is 27.2 Å². The summed E-state index contributed by atoms with van der Waals surface area (Å²) in [4.78, 5) is 0. The molecule has 0 aliphatic rings. The Morgan fingerprint density at radius 2 is 1.32 bits per heavy atom. The first-order chi connectivity index (χ1) is 12.2. The van der Waals surface area contributed by atoms with Gasteiger partial charge in [0.1, 0.15) is 11.4 Å². The molecule has 0 amide bonds. The summed E-state index contributed by atoms with van der Waals surface area (Å²) in [5, 5.41) is 8.69. The first-order valence-corrected chi connectivity index (χ1v) is 7.62. The zero-order valence-electron chi connectivity index (χ0n) is 13.7. The fourth-order valence-electron chi connectivity index (χ4n) is 2.41. The molecule has 0 saturated heterocycles. The summed E-state index contributed by atoms with van der Waals surface area (Å²) in [6.07, 6.45) is 3.21. The molecule has 0 saturated carbocycles. The molecule has 25 heavy (non-hydrogen) atoms. The summed E-state index contributed by atoms with van der Waals surface area (Å²) in [6, 6.07) is 10.9. The van der Waals surface area contributed by atoms with Crippen LogP contribution in [0.25, 0.3) is 22.9 Å². The highest BCUT2D eigenvalue weighted by atomic mass is 16.6. The van der Waals surface area contributed by atoms with Crippen molar-refractivity contribution in [2.75, 3.05) is 0 Å². The molecule has 0 fully saturated rings. The minimum atomic E-state index is 0.0221. The van der Waals surface area contributed by atoms with E-state index in [9.17, 15) is 0 Å². The molecule has 0 unspecified atom stereocenters. The van der Waals surface area contributed by atoms with Crippen LogP contribution in [0.4, 0.5) is 0 Å². The fraction of sp³-hybridized carbons (Fsp3) is 0.125. The molecule has 0 bridgehead atoms. The Bertz CT molecular complexity index is 878. The summed E-state index contributed by atoms with van der Waals surface area (Å²) < 4.78 is 25.2. The van der Waals surface area contributed by atoms with Crippen molar-refractivity contribution in [1.82, 2.24) is 19.6 Å². The van der Waals surface area contributed by atoms with Gasteiger partial charge in [-0.05, 0) is 24.3 Å². The minimum absolute atomic E-state index is 0.0221. The third-order valence-electron chi connectivity index (χ3n) is 3.63. The number of hydrogen-bond acceptors (Lipinski definition) is 6. The molecule has 4 aromatic heterocycles. The summed E-state index contributed by atoms with van der Waals surface area (Å²) in [7, 11) is 3.61. The van der Waals surface area contributed by atoms with Crippen LogP contribution in [0.3, 0.4) is 0 Å². The molecule has 0 aromatic carbocycles. The second-order valence-electron chi connectivity index (χ2n) is 5.34. The Labute approximate surface area is 143 Å². The summed E-state index contributed by atoms with van der Waals surface area (Å²) >= 11 is 0. The van der Waals surface area contributed by atoms with Gasteiger partial charge in [0.05, 0.1) is 12.5 Å². The van der Waals surface area contributed by atoms with E-state index in [0.717, 1.165) is 0 Å². The normalized spacial score (nSPS) is 10.8. The van der Waals surface area contributed by atoms with E-state index in [1.54, 1.807) is 48.1 Å². The number of hydrogen-bond donors (Lipinski definition) is 0. The van der Waals surface area contributed by atoms with Crippen LogP contribution in [0.15, 0.2) is 57.8 Å². The SMILES string of the molecule is Cn1nc(-c2ccco2)cc1OBOc1cc(-c2ccco2)nn1C. The monoisotopic (exact) mass is 338 g/mol. The van der Waals surface area contributed by atoms with Crippen LogP contribution in [-0.2, 0) is 14.1 Å². The Balaban J connectivity index is 1.41. The molecular formula is C16H15BN4O4. The molecule has 0 N–H and O–H groups in total. The predicted octanol–water partition coefficient (Wildman–Crippen LogP) is 2.40. The first kappa shape index (κ1) is 15.2. The van der Waals surface area contributed by atoms with Crippen molar-refractivity contribution in [3.8, 4) is 34.7 Å². The Kier molecular flexibility index (Phi) is 3.81. The highest BCUT2D eigenvalue weighted by Gasteiger charge is 2.14. The lowest BCUT2D eigenvalue weighted by Crippen LogP contribution is -2.14. The van der Waals surface area contributed by atoms with Crippen LogP contribution in [0, 0.1) is 0 Å². The maximum absolute atomic E-state index is 5.65. The third-order valence-corrected chi connectivity index (χ3v) is 3.63. The molecule has 9 heteroatoms. The molecule has 0 aliphatic heterocycles. The number of aryl methyl sites for hydroxylation is 2. The van der Waals surface area contributed by atoms with Gasteiger partial charge < -0.3 is 18.1 Å². The summed E-state index contributed by atoms with van der Waals surface area (Å²) in [5.74, 6) is 2.50. The van der Waals surface area contributed by atoms with Gasteiger partial charge in [-0.2, -0.15) is 10.2 Å². The maximum atomic E-state index is 5.65. The van der Waals surface area contributed by atoms with Crippen molar-refractivity contribution in [2.45, 2.75) is 0 Å². The molecule has 8 nitrogen and oxygen atoms in total. The van der Waals surface area contributed by atoms with E-state index in [1.165, 1.54) is 0 Å². The lowest BCUT2D eigenvalue weighted by Gasteiger charge is -2.06. The van der Waals surface area contributed by atoms with Gasteiger partial charge in [-0.15, -0.1) is 0 Å². The Morgan fingerprint density at radius 1 is 0.840 bits per heavy atom. The van der Waals surface area contributed by atoms with Crippen molar-refractivity contribution >= 4 is 7.69 Å². The van der Waals surface area contributed by atoms with E-state index in [-0.39, 0.29) is 7.69 Å². The van der Waals surface area contributed by atoms with E-state index in [4.69, 9.17) is 18.1 Å². The second-order valence-corrected chi connectivity index (χ2v) is 5.34. The van der Waals surface area contributed by atoms with Gasteiger partial charge in [0.2, 0.25) is 0 Å². The predicted molar refractivity (Wildman–Crippen MR) is 90.2 cm³/mol. The van der Waals surface area contributed by atoms with E-state index >= 15 is 0 Å². The van der Waals surface area contributed by atoms with Gasteiger partial charge in [-0.1, -0.05) is 0 Å². The minimum Gasteiger partial charge on any atom is -0.515 e. The van der Waals surface area contributed by atoms with E-state index in [0.29, 0.717) is 34.7 Å². The Morgan fingerprint density at radius 3 is 1.72 bits per heavy atom. The van der Waals surface area contributed by atoms with Gasteiger partial charge in [0.25, 0.3) is 0 Å². The Hall–Kier alpha value is -3.36. The van der Waals surface area contributed by atoms with Gasteiger partial charge >= 0.3 is 7.69 Å². The summed E-state index contributed by atoms with van der Waals surface area (Å²) in [6.45, 7) is 0. The fourth-order valence-corrected chi connectivity index (χ4v) is 2.41. The van der Waals surface area contributed by atoms with Crippen LogP contribution >= 0.6 is 0 Å². The van der Waals surface area contributed by atoms with Crippen molar-refractivity contribution in [2.24, 2.45) is 14.1 Å². The zero-order chi connectivity index (χ0) is 17.2. The molecule has 4 heterocycles. The lowest BCUT2D eigenvalue weighted by atomic mass is 10.3.